The Labute approximate surface area is 174 Å². The van der Waals surface area contributed by atoms with E-state index in [4.69, 9.17) is 15.9 Å². The van der Waals surface area contributed by atoms with Gasteiger partial charge in [-0.25, -0.2) is 4.79 Å². The number of carbonyl (C=O) groups excluding carboxylic acids is 3. The summed E-state index contributed by atoms with van der Waals surface area (Å²) in [6.45, 7) is -0.264. The summed E-state index contributed by atoms with van der Waals surface area (Å²) < 4.78 is 45.1. The Hall–Kier alpha value is -3.89. The second kappa shape index (κ2) is 10.2. The summed E-state index contributed by atoms with van der Waals surface area (Å²) >= 11 is 0. The Balaban J connectivity index is 1.77. The van der Waals surface area contributed by atoms with Gasteiger partial charge >= 0.3 is 18.1 Å². The molecule has 2 aromatic rings. The lowest BCUT2D eigenvalue weighted by atomic mass is 10.1. The van der Waals surface area contributed by atoms with E-state index in [0.717, 1.165) is 0 Å². The van der Waals surface area contributed by atoms with Crippen LogP contribution in [0.25, 0.3) is 0 Å². The van der Waals surface area contributed by atoms with Crippen molar-refractivity contribution < 1.29 is 37.0 Å². The molecule has 2 rings (SSSR count). The van der Waals surface area contributed by atoms with E-state index in [9.17, 15) is 27.6 Å². The average Bonchev–Trinajstić information content (AvgIpc) is 2.71. The molecular weight excluding hydrogens is 419 g/mol. The first-order valence-electron chi connectivity index (χ1n) is 8.82. The number of hydrogen-bond donors (Lipinski definition) is 3. The van der Waals surface area contributed by atoms with Gasteiger partial charge in [-0.3, -0.25) is 15.0 Å². The first-order valence-corrected chi connectivity index (χ1v) is 8.82. The lowest BCUT2D eigenvalue weighted by Crippen LogP contribution is -2.28. The largest absolute Gasteiger partial charge is 0.491 e. The van der Waals surface area contributed by atoms with E-state index < -0.39 is 30.4 Å². The number of aryl methyl sites for hydroxylation is 1. The quantitative estimate of drug-likeness (QED) is 0.252. The smallest absolute Gasteiger partial charge is 0.484 e. The predicted molar refractivity (Wildman–Crippen MR) is 103 cm³/mol. The monoisotopic (exact) mass is 437 g/mol. The van der Waals surface area contributed by atoms with Crippen molar-refractivity contribution >= 4 is 29.4 Å². The van der Waals surface area contributed by atoms with Gasteiger partial charge in [-0.1, -0.05) is 12.1 Å². The molecule has 0 fully saturated rings. The van der Waals surface area contributed by atoms with Gasteiger partial charge in [-0.2, -0.15) is 13.2 Å². The number of carbonyl (C=O) groups is 3. The van der Waals surface area contributed by atoms with E-state index in [2.05, 4.69) is 10.1 Å². The van der Waals surface area contributed by atoms with Crippen LogP contribution in [0, 0.1) is 5.41 Å². The number of anilines is 1. The molecule has 11 heteroatoms. The first kappa shape index (κ1) is 23.4. The van der Waals surface area contributed by atoms with E-state index >= 15 is 0 Å². The van der Waals surface area contributed by atoms with Gasteiger partial charge in [-0.15, -0.1) is 0 Å². The third-order valence-electron chi connectivity index (χ3n) is 3.83. The lowest BCUT2D eigenvalue weighted by Gasteiger charge is -2.09. The zero-order valence-electron chi connectivity index (χ0n) is 16.0. The maximum Gasteiger partial charge on any atom is 0.491 e. The Kier molecular flexibility index (Phi) is 7.72. The summed E-state index contributed by atoms with van der Waals surface area (Å²) in [7, 11) is 0. The molecule has 0 radical (unpaired) electrons. The van der Waals surface area contributed by atoms with Gasteiger partial charge in [0.2, 0.25) is 0 Å². The Bertz CT molecular complexity index is 958. The number of nitrogens with one attached hydrogen (secondary N) is 2. The second-order valence-electron chi connectivity index (χ2n) is 6.23. The molecule has 8 nitrogen and oxygen atoms in total. The number of hydrogen-bond acceptors (Lipinski definition) is 6. The number of amidine groups is 1. The van der Waals surface area contributed by atoms with Crippen molar-refractivity contribution in [1.29, 1.82) is 5.41 Å². The highest BCUT2D eigenvalue weighted by Crippen LogP contribution is 2.17. The molecule has 0 aliphatic carbocycles. The van der Waals surface area contributed by atoms with E-state index in [1.54, 1.807) is 48.5 Å². The van der Waals surface area contributed by atoms with E-state index in [1.165, 1.54) is 0 Å². The molecule has 2 aromatic carbocycles. The number of ether oxygens (including phenoxy) is 2. The fourth-order valence-electron chi connectivity index (χ4n) is 2.29. The lowest BCUT2D eigenvalue weighted by molar-refractivity contribution is -0.201. The minimum Gasteiger partial charge on any atom is -0.484 e. The van der Waals surface area contributed by atoms with Gasteiger partial charge in [0.25, 0.3) is 5.91 Å². The molecule has 31 heavy (non-hydrogen) atoms. The fraction of sp³-hybridized carbons (Fsp3) is 0.200. The fourth-order valence-corrected chi connectivity index (χ4v) is 2.29. The minimum atomic E-state index is -5.22. The van der Waals surface area contributed by atoms with Crippen molar-refractivity contribution in [3.8, 4) is 5.75 Å². The van der Waals surface area contributed by atoms with Gasteiger partial charge in [0.05, 0.1) is 6.42 Å². The maximum atomic E-state index is 12.0. The summed E-state index contributed by atoms with van der Waals surface area (Å²) in [6, 6.07) is 12.5. The number of amides is 1. The third kappa shape index (κ3) is 7.80. The maximum absolute atomic E-state index is 12.0. The molecule has 0 saturated carbocycles. The van der Waals surface area contributed by atoms with Crippen molar-refractivity contribution in [3.05, 3.63) is 59.7 Å². The summed E-state index contributed by atoms with van der Waals surface area (Å²) in [6.07, 6.45) is -5.58. The van der Waals surface area contributed by atoms with Crippen molar-refractivity contribution in [2.45, 2.75) is 19.0 Å². The van der Waals surface area contributed by atoms with Crippen LogP contribution in [-0.4, -0.2) is 36.5 Å². The molecule has 0 aliphatic heterocycles. The van der Waals surface area contributed by atoms with E-state index in [0.29, 0.717) is 22.6 Å². The van der Waals surface area contributed by atoms with Gasteiger partial charge in [0.1, 0.15) is 11.6 Å². The zero-order chi connectivity index (χ0) is 23.0. The number of halogens is 3. The molecule has 0 aliphatic rings. The molecule has 0 spiro atoms. The molecule has 0 atom stereocenters. The van der Waals surface area contributed by atoms with Crippen LogP contribution < -0.4 is 15.8 Å². The Morgan fingerprint density at radius 2 is 1.61 bits per heavy atom. The molecular formula is C20H18F3N3O5. The van der Waals surface area contributed by atoms with Gasteiger partial charge < -0.3 is 20.5 Å². The number of alkyl halides is 3. The number of benzene rings is 2. The number of rotatable bonds is 8. The van der Waals surface area contributed by atoms with Crippen LogP contribution in [0.2, 0.25) is 0 Å². The second-order valence-corrected chi connectivity index (χ2v) is 6.23. The van der Waals surface area contributed by atoms with E-state index in [-0.39, 0.29) is 18.9 Å². The van der Waals surface area contributed by atoms with Gasteiger partial charge in [0.15, 0.2) is 6.61 Å². The normalized spacial score (nSPS) is 10.8. The third-order valence-corrected chi connectivity index (χ3v) is 3.83. The van der Waals surface area contributed by atoms with Crippen molar-refractivity contribution in [2.75, 3.05) is 11.9 Å². The summed E-state index contributed by atoms with van der Waals surface area (Å²) in [5.41, 5.74) is 6.91. The predicted octanol–water partition coefficient (Wildman–Crippen LogP) is 2.55. The molecule has 164 valence electrons. The number of nitrogen functional groups attached to an aromatic ring is 1. The zero-order valence-corrected chi connectivity index (χ0v) is 16.0. The summed E-state index contributed by atoms with van der Waals surface area (Å²) in [4.78, 5) is 33.9. The van der Waals surface area contributed by atoms with Crippen LogP contribution in [-0.2, 0) is 25.5 Å². The summed E-state index contributed by atoms with van der Waals surface area (Å²) in [5, 5.41) is 9.91. The molecule has 0 bridgehead atoms. The molecule has 0 heterocycles. The minimum absolute atomic E-state index is 0.0531. The highest BCUT2D eigenvalue weighted by molar-refractivity contribution is 5.95. The van der Waals surface area contributed by atoms with Gasteiger partial charge in [-0.05, 0) is 48.4 Å². The van der Waals surface area contributed by atoms with Crippen LogP contribution in [0.4, 0.5) is 18.9 Å². The van der Waals surface area contributed by atoms with Crippen LogP contribution in [0.1, 0.15) is 17.5 Å². The molecule has 4 N–H and O–H groups in total. The van der Waals surface area contributed by atoms with Crippen LogP contribution in [0.3, 0.4) is 0 Å². The van der Waals surface area contributed by atoms with Crippen molar-refractivity contribution in [1.82, 2.24) is 0 Å². The van der Waals surface area contributed by atoms with Crippen molar-refractivity contribution in [3.63, 3.8) is 0 Å². The van der Waals surface area contributed by atoms with Crippen LogP contribution in [0.15, 0.2) is 48.5 Å². The summed E-state index contributed by atoms with van der Waals surface area (Å²) in [5.74, 6) is -3.93. The SMILES string of the molecule is N=C(N)c1ccc(OCC(=O)Nc2ccc(CCC(=O)OC(=O)C(F)(F)F)cc2)cc1. The van der Waals surface area contributed by atoms with Crippen LogP contribution in [0.5, 0.6) is 5.75 Å². The Morgan fingerprint density at radius 3 is 2.16 bits per heavy atom. The average molecular weight is 437 g/mol. The molecule has 0 unspecified atom stereocenters. The highest BCUT2D eigenvalue weighted by atomic mass is 19.4. The Morgan fingerprint density at radius 1 is 1.00 bits per heavy atom. The highest BCUT2D eigenvalue weighted by Gasteiger charge is 2.42. The first-order chi connectivity index (χ1) is 14.5. The molecule has 1 amide bonds. The standard InChI is InChI=1S/C20H18F3N3O5/c21-20(22,23)19(29)31-17(28)10-3-12-1-6-14(7-2-12)26-16(27)11-30-15-8-4-13(5-9-15)18(24)25/h1-2,4-9H,3,10-11H2,(H3,24,25)(H,26,27). The number of nitrogens with two attached hydrogens (primary N) is 1. The van der Waals surface area contributed by atoms with E-state index in [1.807, 2.05) is 0 Å². The topological polar surface area (TPSA) is 132 Å². The van der Waals surface area contributed by atoms with Crippen molar-refractivity contribution in [2.24, 2.45) is 5.73 Å². The number of esters is 2. The molecule has 0 saturated heterocycles. The molecule has 0 aromatic heterocycles. The van der Waals surface area contributed by atoms with Gasteiger partial charge in [0, 0.05) is 11.3 Å². The van der Waals surface area contributed by atoms with Crippen LogP contribution >= 0.6 is 0 Å².